The van der Waals surface area contributed by atoms with Crippen LogP contribution < -0.4 is 16.0 Å². The SMILES string of the molecule is CCCCCCCCCCCCCCCN1C[C@H](NC(=O)c2ccc(C(=O)N3C[C@@H](C(=O)N[C@H]4C[C@@H]4c4ccccc4)[C@H](C(=O)N[C@H]4C[C@@H]4c4ccccc4)C3)cc2)CCC1=O. The molecule has 2 saturated carbocycles. The van der Waals surface area contributed by atoms with Gasteiger partial charge in [0.1, 0.15) is 0 Å². The summed E-state index contributed by atoms with van der Waals surface area (Å²) < 4.78 is 0. The van der Waals surface area contributed by atoms with Gasteiger partial charge in [0, 0.05) is 73.7 Å². The number of piperidine rings is 1. The molecule has 0 spiro atoms. The van der Waals surface area contributed by atoms with Crippen molar-refractivity contribution in [1.82, 2.24) is 25.8 Å². The Labute approximate surface area is 369 Å². The average molecular weight is 844 g/mol. The van der Waals surface area contributed by atoms with Crippen LogP contribution in [-0.2, 0) is 14.4 Å². The number of benzene rings is 3. The molecule has 0 aromatic heterocycles. The standard InChI is InChI=1S/C52H69N5O5/c1-2-3-4-5-6-7-8-9-10-11-12-13-20-31-56-34-41(29-30-48(56)58)53-49(59)39-25-27-40(28-26-39)52(62)57-35-44(50(60)54-46-32-42(46)37-21-16-14-17-22-37)45(36-57)51(61)55-47-33-43(47)38-23-18-15-19-24-38/h14-19,21-28,41-47H,2-13,20,29-36H2,1H3,(H,53,59)(H,54,60)(H,55,61)/t41-,42-,43-,44-,45-,46+,47+/m1/s1. The maximum absolute atomic E-state index is 14.0. The Bertz CT molecular complexity index is 1860. The number of likely N-dealkylation sites (tertiary alicyclic amines) is 2. The van der Waals surface area contributed by atoms with Crippen LogP contribution in [0, 0.1) is 11.8 Å². The molecular formula is C52H69N5O5. The summed E-state index contributed by atoms with van der Waals surface area (Å²) in [7, 11) is 0. The molecule has 2 heterocycles. The van der Waals surface area contributed by atoms with Crippen LogP contribution in [0.2, 0.25) is 0 Å². The molecule has 3 aromatic carbocycles. The van der Waals surface area contributed by atoms with Crippen LogP contribution in [0.25, 0.3) is 0 Å². The fourth-order valence-corrected chi connectivity index (χ4v) is 9.71. The third-order valence-corrected chi connectivity index (χ3v) is 13.7. The predicted octanol–water partition coefficient (Wildman–Crippen LogP) is 8.53. The third-order valence-electron chi connectivity index (χ3n) is 13.7. The Kier molecular flexibility index (Phi) is 16.3. The van der Waals surface area contributed by atoms with Gasteiger partial charge in [0.2, 0.25) is 17.7 Å². The number of hydrogen-bond acceptors (Lipinski definition) is 5. The number of carbonyl (C=O) groups excluding carboxylic acids is 5. The third kappa shape index (κ3) is 12.6. The van der Waals surface area contributed by atoms with E-state index in [1.807, 2.05) is 41.3 Å². The van der Waals surface area contributed by atoms with E-state index in [-0.39, 0.29) is 72.6 Å². The van der Waals surface area contributed by atoms with Crippen LogP contribution in [-0.4, -0.2) is 83.6 Å². The second-order valence-electron chi connectivity index (χ2n) is 18.5. The molecule has 2 saturated heterocycles. The zero-order valence-corrected chi connectivity index (χ0v) is 36.9. The van der Waals surface area contributed by atoms with Gasteiger partial charge in [-0.25, -0.2) is 0 Å². The van der Waals surface area contributed by atoms with E-state index in [1.54, 1.807) is 29.2 Å². The largest absolute Gasteiger partial charge is 0.352 e. The van der Waals surface area contributed by atoms with Crippen molar-refractivity contribution in [1.29, 1.82) is 0 Å². The number of nitrogens with one attached hydrogen (secondary N) is 3. The van der Waals surface area contributed by atoms with E-state index >= 15 is 0 Å². The molecular weight excluding hydrogens is 775 g/mol. The van der Waals surface area contributed by atoms with E-state index in [4.69, 9.17) is 0 Å². The van der Waals surface area contributed by atoms with Crippen LogP contribution >= 0.6 is 0 Å². The molecule has 10 heteroatoms. The summed E-state index contributed by atoms with van der Waals surface area (Å²) >= 11 is 0. The molecule has 3 N–H and O–H groups in total. The molecule has 4 aliphatic rings. The van der Waals surface area contributed by atoms with Gasteiger partial charge >= 0.3 is 0 Å². The maximum Gasteiger partial charge on any atom is 0.253 e. The van der Waals surface area contributed by atoms with Crippen molar-refractivity contribution in [3.63, 3.8) is 0 Å². The van der Waals surface area contributed by atoms with Crippen LogP contribution in [0.15, 0.2) is 84.9 Å². The zero-order chi connectivity index (χ0) is 43.3. The summed E-state index contributed by atoms with van der Waals surface area (Å²) in [6.45, 7) is 3.77. The molecule has 332 valence electrons. The van der Waals surface area contributed by atoms with E-state index in [2.05, 4.69) is 47.1 Å². The fourth-order valence-electron chi connectivity index (χ4n) is 9.71. The number of carbonyl (C=O) groups is 5. The molecule has 10 nitrogen and oxygen atoms in total. The van der Waals surface area contributed by atoms with Crippen LogP contribution in [0.1, 0.15) is 160 Å². The molecule has 7 atom stereocenters. The Morgan fingerprint density at radius 1 is 0.565 bits per heavy atom. The highest BCUT2D eigenvalue weighted by Gasteiger charge is 2.49. The number of hydrogen-bond donors (Lipinski definition) is 3. The van der Waals surface area contributed by atoms with Crippen LogP contribution in [0.5, 0.6) is 0 Å². The van der Waals surface area contributed by atoms with E-state index in [9.17, 15) is 24.0 Å². The molecule has 4 fully saturated rings. The van der Waals surface area contributed by atoms with Gasteiger partial charge in [-0.1, -0.05) is 145 Å². The first-order valence-electron chi connectivity index (χ1n) is 24.0. The second-order valence-corrected chi connectivity index (χ2v) is 18.5. The van der Waals surface area contributed by atoms with Gasteiger partial charge in [-0.2, -0.15) is 0 Å². The first-order chi connectivity index (χ1) is 30.3. The molecule has 62 heavy (non-hydrogen) atoms. The molecule has 0 bridgehead atoms. The molecule has 3 aromatic rings. The van der Waals surface area contributed by atoms with Crippen LogP contribution in [0.4, 0.5) is 0 Å². The first kappa shape index (κ1) is 45.0. The highest BCUT2D eigenvalue weighted by Crippen LogP contribution is 2.42. The summed E-state index contributed by atoms with van der Waals surface area (Å²) in [6.07, 6.45) is 19.4. The Morgan fingerprint density at radius 2 is 1.03 bits per heavy atom. The van der Waals surface area contributed by atoms with Crippen molar-refractivity contribution in [2.45, 2.75) is 146 Å². The Hall–Kier alpha value is -4.99. The normalized spacial score (nSPS) is 24.1. The first-order valence-corrected chi connectivity index (χ1v) is 24.0. The van der Waals surface area contributed by atoms with E-state index in [1.165, 1.54) is 81.8 Å². The molecule has 0 radical (unpaired) electrons. The van der Waals surface area contributed by atoms with E-state index in [0.29, 0.717) is 30.5 Å². The van der Waals surface area contributed by atoms with Gasteiger partial charge in [-0.15, -0.1) is 0 Å². The second kappa shape index (κ2) is 22.4. The van der Waals surface area contributed by atoms with E-state index < -0.39 is 11.8 Å². The minimum Gasteiger partial charge on any atom is -0.352 e. The van der Waals surface area contributed by atoms with Gasteiger partial charge in [-0.3, -0.25) is 24.0 Å². The minimum atomic E-state index is -0.679. The molecule has 7 rings (SSSR count). The molecule has 5 amide bonds. The fraction of sp³-hybridized carbons (Fsp3) is 0.558. The van der Waals surface area contributed by atoms with Crippen LogP contribution in [0.3, 0.4) is 0 Å². The predicted molar refractivity (Wildman–Crippen MR) is 244 cm³/mol. The van der Waals surface area contributed by atoms with Gasteiger partial charge in [0.15, 0.2) is 0 Å². The maximum atomic E-state index is 14.0. The minimum absolute atomic E-state index is 0.00387. The van der Waals surface area contributed by atoms with Gasteiger partial charge in [-0.05, 0) is 61.1 Å². The lowest BCUT2D eigenvalue weighted by Gasteiger charge is -2.33. The number of rotatable bonds is 23. The van der Waals surface area contributed by atoms with Crippen molar-refractivity contribution in [2.75, 3.05) is 26.2 Å². The quantitative estimate of drug-likeness (QED) is 0.0826. The summed E-state index contributed by atoms with van der Waals surface area (Å²) in [5.74, 6) is -1.61. The van der Waals surface area contributed by atoms with Crippen molar-refractivity contribution >= 4 is 29.5 Å². The number of amides is 5. The summed E-state index contributed by atoms with van der Waals surface area (Å²) in [4.78, 5) is 71.3. The zero-order valence-electron chi connectivity index (χ0n) is 36.9. The number of unbranched alkanes of at least 4 members (excludes halogenated alkanes) is 12. The van der Waals surface area contributed by atoms with Gasteiger partial charge in [0.25, 0.3) is 11.8 Å². The van der Waals surface area contributed by atoms with Crippen molar-refractivity contribution in [3.05, 3.63) is 107 Å². The average Bonchev–Trinajstić information content (AvgIpc) is 4.21. The smallest absolute Gasteiger partial charge is 0.253 e. The topological polar surface area (TPSA) is 128 Å². The highest BCUT2D eigenvalue weighted by atomic mass is 16.2. The van der Waals surface area contributed by atoms with Crippen molar-refractivity contribution in [3.8, 4) is 0 Å². The molecule has 2 aliphatic heterocycles. The van der Waals surface area contributed by atoms with E-state index in [0.717, 1.165) is 32.2 Å². The van der Waals surface area contributed by atoms with Gasteiger partial charge < -0.3 is 25.8 Å². The lowest BCUT2D eigenvalue weighted by atomic mass is 9.94. The summed E-state index contributed by atoms with van der Waals surface area (Å²) in [5, 5.41) is 9.52. The van der Waals surface area contributed by atoms with Crippen molar-refractivity contribution < 1.29 is 24.0 Å². The molecule has 2 aliphatic carbocycles. The number of nitrogens with zero attached hydrogens (tertiary/aromatic N) is 2. The lowest BCUT2D eigenvalue weighted by molar-refractivity contribution is -0.134. The van der Waals surface area contributed by atoms with Crippen molar-refractivity contribution in [2.24, 2.45) is 11.8 Å². The Balaban J connectivity index is 0.868. The summed E-state index contributed by atoms with van der Waals surface area (Å²) in [6, 6.07) is 26.7. The summed E-state index contributed by atoms with van der Waals surface area (Å²) in [5.41, 5.74) is 3.20. The highest BCUT2D eigenvalue weighted by molar-refractivity contribution is 5.99. The monoisotopic (exact) mass is 844 g/mol. The molecule has 0 unspecified atom stereocenters. The lowest BCUT2D eigenvalue weighted by Crippen LogP contribution is -2.50. The van der Waals surface area contributed by atoms with Gasteiger partial charge in [0.05, 0.1) is 11.8 Å². The Morgan fingerprint density at radius 3 is 1.53 bits per heavy atom.